The van der Waals surface area contributed by atoms with Crippen molar-refractivity contribution < 1.29 is 10.2 Å². The van der Waals surface area contributed by atoms with Gasteiger partial charge in [0.1, 0.15) is 0 Å². The Hall–Kier alpha value is -0.340. The number of fused-ring (bicyclic) bond motifs is 5. The first kappa shape index (κ1) is 20.9. The zero-order chi connectivity index (χ0) is 20.3. The van der Waals surface area contributed by atoms with Gasteiger partial charge in [-0.1, -0.05) is 32.4 Å². The van der Waals surface area contributed by atoms with Gasteiger partial charge in [-0.15, -0.1) is 0 Å². The molecule has 8 atom stereocenters. The molecule has 0 saturated heterocycles. The molecule has 0 spiro atoms. The average Bonchev–Trinajstić information content (AvgIpc) is 2.97. The van der Waals surface area contributed by atoms with Gasteiger partial charge in [0.25, 0.3) is 0 Å². The maximum Gasteiger partial charge on any atom is 0.0591 e. The molecule has 0 heterocycles. The molecule has 4 aliphatic rings. The molecule has 0 amide bonds. The van der Waals surface area contributed by atoms with Gasteiger partial charge in [0.05, 0.1) is 11.7 Å². The van der Waals surface area contributed by atoms with E-state index in [9.17, 15) is 10.2 Å². The van der Waals surface area contributed by atoms with Crippen molar-refractivity contribution in [3.8, 4) is 0 Å². The fourth-order valence-corrected chi connectivity index (χ4v) is 8.40. The molecule has 0 bridgehead atoms. The van der Waals surface area contributed by atoms with E-state index in [2.05, 4.69) is 26.8 Å². The van der Waals surface area contributed by atoms with Crippen LogP contribution in [-0.4, -0.2) is 21.9 Å². The summed E-state index contributed by atoms with van der Waals surface area (Å²) in [6.45, 7) is 11.5. The SMILES string of the molecule is C[C@H](CCC(C)(C)O)[C@H]1CC[C@H]2[C@@H]3CC=C4C[C@@H](O)CC[C@]4(C)[C@H]3CC[C@]12C. The predicted octanol–water partition coefficient (Wildman–Crippen LogP) is 6.11. The molecule has 0 aliphatic heterocycles. The fraction of sp³-hybridized carbons (Fsp3) is 0.923. The molecule has 0 unspecified atom stereocenters. The van der Waals surface area contributed by atoms with E-state index >= 15 is 0 Å². The third-order valence-corrected chi connectivity index (χ3v) is 10.0. The van der Waals surface area contributed by atoms with Crippen molar-refractivity contribution in [2.45, 2.75) is 111 Å². The minimum atomic E-state index is -0.532. The van der Waals surface area contributed by atoms with E-state index in [0.717, 1.165) is 49.4 Å². The van der Waals surface area contributed by atoms with Gasteiger partial charge in [0.2, 0.25) is 0 Å². The summed E-state index contributed by atoms with van der Waals surface area (Å²) >= 11 is 0. The van der Waals surface area contributed by atoms with Crippen molar-refractivity contribution in [1.29, 1.82) is 0 Å². The van der Waals surface area contributed by atoms with E-state index in [1.54, 1.807) is 5.57 Å². The molecule has 4 aliphatic carbocycles. The fourth-order valence-electron chi connectivity index (χ4n) is 8.40. The summed E-state index contributed by atoms with van der Waals surface area (Å²) in [6.07, 6.45) is 14.5. The molecular formula is C26H44O2. The van der Waals surface area contributed by atoms with Gasteiger partial charge >= 0.3 is 0 Å². The van der Waals surface area contributed by atoms with Crippen LogP contribution in [0.2, 0.25) is 0 Å². The number of hydrogen-bond acceptors (Lipinski definition) is 2. The minimum Gasteiger partial charge on any atom is -0.393 e. The summed E-state index contributed by atoms with van der Waals surface area (Å²) in [5.41, 5.74) is 1.91. The second kappa shape index (κ2) is 7.12. The van der Waals surface area contributed by atoms with Crippen molar-refractivity contribution in [2.75, 3.05) is 0 Å². The normalized spacial score (nSPS) is 47.0. The topological polar surface area (TPSA) is 40.5 Å². The lowest BCUT2D eigenvalue weighted by Gasteiger charge is -2.58. The Bertz CT molecular complexity index is 616. The summed E-state index contributed by atoms with van der Waals surface area (Å²) in [4.78, 5) is 0. The lowest BCUT2D eigenvalue weighted by molar-refractivity contribution is -0.0585. The molecule has 3 saturated carbocycles. The summed E-state index contributed by atoms with van der Waals surface area (Å²) in [5, 5.41) is 20.4. The maximum absolute atomic E-state index is 10.2. The number of hydrogen-bond donors (Lipinski definition) is 2. The number of aliphatic hydroxyl groups is 2. The second-order valence-corrected chi connectivity index (χ2v) is 12.2. The molecule has 0 aromatic carbocycles. The van der Waals surface area contributed by atoms with Gasteiger partial charge in [-0.2, -0.15) is 0 Å². The molecule has 0 radical (unpaired) electrons. The first-order chi connectivity index (χ1) is 13.0. The van der Waals surface area contributed by atoms with Crippen LogP contribution in [0.4, 0.5) is 0 Å². The van der Waals surface area contributed by atoms with Crippen LogP contribution in [0, 0.1) is 40.4 Å². The Labute approximate surface area is 173 Å². The van der Waals surface area contributed by atoms with Gasteiger partial charge in [0.15, 0.2) is 0 Å². The van der Waals surface area contributed by atoms with E-state index in [4.69, 9.17) is 0 Å². The Kier molecular flexibility index (Phi) is 5.32. The predicted molar refractivity (Wildman–Crippen MR) is 116 cm³/mol. The van der Waals surface area contributed by atoms with Crippen molar-refractivity contribution in [2.24, 2.45) is 40.4 Å². The molecule has 3 fully saturated rings. The monoisotopic (exact) mass is 388 g/mol. The van der Waals surface area contributed by atoms with E-state index in [1.807, 2.05) is 13.8 Å². The van der Waals surface area contributed by atoms with Gasteiger partial charge in [-0.05, 0) is 118 Å². The highest BCUT2D eigenvalue weighted by Crippen LogP contribution is 2.67. The van der Waals surface area contributed by atoms with Crippen LogP contribution in [-0.2, 0) is 0 Å². The highest BCUT2D eigenvalue weighted by molar-refractivity contribution is 5.25. The molecule has 0 aromatic rings. The van der Waals surface area contributed by atoms with E-state index < -0.39 is 5.60 Å². The van der Waals surface area contributed by atoms with Crippen molar-refractivity contribution in [3.63, 3.8) is 0 Å². The molecule has 2 heteroatoms. The Morgan fingerprint density at radius 1 is 1.11 bits per heavy atom. The number of aliphatic hydroxyl groups excluding tert-OH is 1. The summed E-state index contributed by atoms with van der Waals surface area (Å²) in [6, 6.07) is 0. The minimum absolute atomic E-state index is 0.0998. The van der Waals surface area contributed by atoms with E-state index in [0.29, 0.717) is 16.7 Å². The van der Waals surface area contributed by atoms with Gasteiger partial charge < -0.3 is 10.2 Å². The van der Waals surface area contributed by atoms with Crippen LogP contribution >= 0.6 is 0 Å². The largest absolute Gasteiger partial charge is 0.393 e. The van der Waals surface area contributed by atoms with Crippen molar-refractivity contribution in [1.82, 2.24) is 0 Å². The zero-order valence-electron chi connectivity index (χ0n) is 19.0. The Morgan fingerprint density at radius 2 is 1.86 bits per heavy atom. The first-order valence-corrected chi connectivity index (χ1v) is 12.1. The summed E-state index contributed by atoms with van der Waals surface area (Å²) in [7, 11) is 0. The number of allylic oxidation sites excluding steroid dienone is 1. The van der Waals surface area contributed by atoms with Crippen molar-refractivity contribution in [3.05, 3.63) is 11.6 Å². The third kappa shape index (κ3) is 3.41. The summed E-state index contributed by atoms with van der Waals surface area (Å²) < 4.78 is 0. The second-order valence-electron chi connectivity index (χ2n) is 12.2. The van der Waals surface area contributed by atoms with E-state index in [1.165, 1.54) is 38.5 Å². The first-order valence-electron chi connectivity index (χ1n) is 12.1. The number of rotatable bonds is 4. The molecular weight excluding hydrogens is 344 g/mol. The lowest BCUT2D eigenvalue weighted by atomic mass is 9.47. The van der Waals surface area contributed by atoms with Crippen LogP contribution in [0.15, 0.2) is 11.6 Å². The molecule has 4 rings (SSSR count). The third-order valence-electron chi connectivity index (χ3n) is 10.0. The van der Waals surface area contributed by atoms with Crippen LogP contribution in [0.3, 0.4) is 0 Å². The Balaban J connectivity index is 1.52. The quantitative estimate of drug-likeness (QED) is 0.570. The van der Waals surface area contributed by atoms with Crippen molar-refractivity contribution >= 4 is 0 Å². The zero-order valence-corrected chi connectivity index (χ0v) is 19.0. The smallest absolute Gasteiger partial charge is 0.0591 e. The van der Waals surface area contributed by atoms with Crippen LogP contribution in [0.1, 0.15) is 98.8 Å². The molecule has 2 N–H and O–H groups in total. The highest BCUT2D eigenvalue weighted by atomic mass is 16.3. The van der Waals surface area contributed by atoms with Crippen LogP contribution in [0.5, 0.6) is 0 Å². The molecule has 0 aromatic heterocycles. The summed E-state index contributed by atoms with van der Waals surface area (Å²) in [5.74, 6) is 4.11. The van der Waals surface area contributed by atoms with Gasteiger partial charge in [0, 0.05) is 0 Å². The van der Waals surface area contributed by atoms with Crippen LogP contribution < -0.4 is 0 Å². The molecule has 2 nitrogen and oxygen atoms in total. The van der Waals surface area contributed by atoms with E-state index in [-0.39, 0.29) is 6.10 Å². The van der Waals surface area contributed by atoms with Gasteiger partial charge in [-0.3, -0.25) is 0 Å². The highest BCUT2D eigenvalue weighted by Gasteiger charge is 2.59. The molecule has 28 heavy (non-hydrogen) atoms. The standard InChI is InChI=1S/C26H44O2/c1-17(10-13-24(2,3)28)21-8-9-22-20-7-6-18-16-19(27)11-14-25(18,4)23(20)12-15-26(21,22)5/h6,17,19-23,27-28H,7-16H2,1-5H3/t17-,19+,20+,21-,22+,23+,25+,26-/m1/s1. The average molecular weight is 389 g/mol. The molecule has 160 valence electrons. The van der Waals surface area contributed by atoms with Crippen LogP contribution in [0.25, 0.3) is 0 Å². The lowest BCUT2D eigenvalue weighted by Crippen LogP contribution is -2.50. The Morgan fingerprint density at radius 3 is 2.57 bits per heavy atom. The van der Waals surface area contributed by atoms with Gasteiger partial charge in [-0.25, -0.2) is 0 Å². The maximum atomic E-state index is 10.2.